The molecule has 0 aliphatic carbocycles. The molecular weight excluding hydrogens is 268 g/mol. The Morgan fingerprint density at radius 1 is 1.43 bits per heavy atom. The third-order valence-corrected chi connectivity index (χ3v) is 3.97. The minimum atomic E-state index is -0.358. The van der Waals surface area contributed by atoms with Gasteiger partial charge in [-0.1, -0.05) is 12.1 Å². The molecule has 2 heterocycles. The largest absolute Gasteiger partial charge is 0.391 e. The van der Waals surface area contributed by atoms with Crippen LogP contribution in [-0.2, 0) is 11.3 Å². The van der Waals surface area contributed by atoms with Crippen LogP contribution in [0.1, 0.15) is 6.42 Å². The number of hydrogen-bond acceptors (Lipinski definition) is 4. The Morgan fingerprint density at radius 3 is 3.10 bits per heavy atom. The van der Waals surface area contributed by atoms with Gasteiger partial charge >= 0.3 is 0 Å². The predicted octanol–water partition coefficient (Wildman–Crippen LogP) is 0.123. The van der Waals surface area contributed by atoms with Gasteiger partial charge in [0.25, 0.3) is 0 Å². The van der Waals surface area contributed by atoms with Crippen molar-refractivity contribution in [1.29, 1.82) is 0 Å². The second-order valence-electron chi connectivity index (χ2n) is 5.47. The number of amides is 1. The number of nitrogens with zero attached hydrogens (tertiary/aromatic N) is 2. The van der Waals surface area contributed by atoms with E-state index in [-0.39, 0.29) is 17.9 Å². The van der Waals surface area contributed by atoms with Crippen LogP contribution in [0.25, 0.3) is 11.0 Å². The molecule has 1 aromatic heterocycles. The first-order valence-electron chi connectivity index (χ1n) is 7.29. The van der Waals surface area contributed by atoms with Crippen molar-refractivity contribution in [1.82, 2.24) is 20.2 Å². The lowest BCUT2D eigenvalue weighted by atomic mass is 10.1. The summed E-state index contributed by atoms with van der Waals surface area (Å²) in [5, 5.41) is 15.7. The topological polar surface area (TPSA) is 79.2 Å². The minimum Gasteiger partial charge on any atom is -0.391 e. The highest BCUT2D eigenvalue weighted by atomic mass is 16.3. The smallest absolute Gasteiger partial charge is 0.221 e. The number of carbonyl (C=O) groups excluding carboxylic acids is 1. The zero-order valence-electron chi connectivity index (χ0n) is 11.8. The number of carbonyl (C=O) groups is 1. The maximum atomic E-state index is 11.9. The van der Waals surface area contributed by atoms with Crippen molar-refractivity contribution in [2.45, 2.75) is 19.1 Å². The summed E-state index contributed by atoms with van der Waals surface area (Å²) in [4.78, 5) is 16.2. The Hall–Kier alpha value is -1.92. The summed E-state index contributed by atoms with van der Waals surface area (Å²) < 4.78 is 1.99. The second-order valence-corrected chi connectivity index (χ2v) is 5.47. The van der Waals surface area contributed by atoms with E-state index >= 15 is 0 Å². The van der Waals surface area contributed by atoms with Crippen LogP contribution in [0.2, 0.25) is 0 Å². The highest BCUT2D eigenvalue weighted by molar-refractivity contribution is 5.77. The normalized spacial score (nSPS) is 21.8. The lowest BCUT2D eigenvalue weighted by molar-refractivity contribution is -0.121. The van der Waals surface area contributed by atoms with Crippen molar-refractivity contribution in [3.63, 3.8) is 0 Å². The maximum Gasteiger partial charge on any atom is 0.221 e. The average Bonchev–Trinajstić information content (AvgIpc) is 3.09. The van der Waals surface area contributed by atoms with Gasteiger partial charge in [-0.05, 0) is 12.1 Å². The first-order chi connectivity index (χ1) is 10.2. The van der Waals surface area contributed by atoms with E-state index < -0.39 is 0 Å². The van der Waals surface area contributed by atoms with Crippen LogP contribution in [0.5, 0.6) is 0 Å². The van der Waals surface area contributed by atoms with E-state index in [1.807, 2.05) is 28.8 Å². The zero-order chi connectivity index (χ0) is 14.7. The Labute approximate surface area is 123 Å². The summed E-state index contributed by atoms with van der Waals surface area (Å²) in [6.45, 7) is 2.50. The molecule has 0 bridgehead atoms. The third-order valence-electron chi connectivity index (χ3n) is 3.97. The lowest BCUT2D eigenvalue weighted by Gasteiger charge is -2.14. The van der Waals surface area contributed by atoms with E-state index in [0.717, 1.165) is 17.6 Å². The van der Waals surface area contributed by atoms with Gasteiger partial charge in [0, 0.05) is 38.5 Å². The van der Waals surface area contributed by atoms with Gasteiger partial charge in [-0.15, -0.1) is 0 Å². The lowest BCUT2D eigenvalue weighted by Crippen LogP contribution is -2.34. The summed E-state index contributed by atoms with van der Waals surface area (Å²) in [6, 6.07) is 7.88. The number of fused-ring (bicyclic) bond motifs is 1. The van der Waals surface area contributed by atoms with Crippen molar-refractivity contribution >= 4 is 16.9 Å². The van der Waals surface area contributed by atoms with Gasteiger partial charge < -0.3 is 20.3 Å². The molecule has 1 aromatic carbocycles. The van der Waals surface area contributed by atoms with E-state index in [4.69, 9.17) is 0 Å². The fraction of sp³-hybridized carbons (Fsp3) is 0.467. The van der Waals surface area contributed by atoms with Crippen molar-refractivity contribution in [3.8, 4) is 0 Å². The molecule has 6 heteroatoms. The summed E-state index contributed by atoms with van der Waals surface area (Å²) >= 11 is 0. The molecule has 21 heavy (non-hydrogen) atoms. The summed E-state index contributed by atoms with van der Waals surface area (Å²) in [6.07, 6.45) is 1.82. The highest BCUT2D eigenvalue weighted by Crippen LogP contribution is 2.12. The number of β-amino-alcohol motifs (C(OH)–C–C–N with tert-alkyl or cyclic N) is 1. The number of benzene rings is 1. The monoisotopic (exact) mass is 288 g/mol. The summed E-state index contributed by atoms with van der Waals surface area (Å²) in [7, 11) is 0. The Kier molecular flexibility index (Phi) is 4.17. The Balaban J connectivity index is 1.49. The maximum absolute atomic E-state index is 11.9. The molecule has 1 aliphatic rings. The highest BCUT2D eigenvalue weighted by Gasteiger charge is 2.24. The van der Waals surface area contributed by atoms with Gasteiger partial charge in [0.1, 0.15) is 0 Å². The molecule has 0 spiro atoms. The molecule has 2 atom stereocenters. The summed E-state index contributed by atoms with van der Waals surface area (Å²) in [5.41, 5.74) is 1.98. The fourth-order valence-electron chi connectivity index (χ4n) is 2.67. The predicted molar refractivity (Wildman–Crippen MR) is 79.7 cm³/mol. The third kappa shape index (κ3) is 3.22. The van der Waals surface area contributed by atoms with Crippen molar-refractivity contribution in [3.05, 3.63) is 30.6 Å². The first kappa shape index (κ1) is 14.0. The molecule has 1 fully saturated rings. The number of nitrogens with one attached hydrogen (secondary N) is 2. The van der Waals surface area contributed by atoms with Crippen LogP contribution in [0, 0.1) is 5.92 Å². The average molecular weight is 288 g/mol. The van der Waals surface area contributed by atoms with Crippen LogP contribution >= 0.6 is 0 Å². The molecule has 0 radical (unpaired) electrons. The number of rotatable bonds is 5. The van der Waals surface area contributed by atoms with E-state index in [2.05, 4.69) is 15.6 Å². The Morgan fingerprint density at radius 2 is 2.29 bits per heavy atom. The quantitative estimate of drug-likeness (QED) is 0.730. The number of aryl methyl sites for hydroxylation is 1. The SMILES string of the molecule is O=C(CCn1cnc2ccccc21)NCC1CNCC1O. The van der Waals surface area contributed by atoms with E-state index in [1.165, 1.54) is 0 Å². The van der Waals surface area contributed by atoms with Crippen LogP contribution < -0.4 is 10.6 Å². The molecule has 1 amide bonds. The van der Waals surface area contributed by atoms with E-state index in [9.17, 15) is 9.90 Å². The number of imidazole rings is 1. The fourth-order valence-corrected chi connectivity index (χ4v) is 2.67. The first-order valence-corrected chi connectivity index (χ1v) is 7.29. The number of para-hydroxylation sites is 2. The molecule has 2 unspecified atom stereocenters. The second kappa shape index (κ2) is 6.24. The van der Waals surface area contributed by atoms with E-state index in [0.29, 0.717) is 26.1 Å². The van der Waals surface area contributed by atoms with Crippen molar-refractivity contribution in [2.24, 2.45) is 5.92 Å². The van der Waals surface area contributed by atoms with E-state index in [1.54, 1.807) is 6.33 Å². The molecule has 112 valence electrons. The number of aliphatic hydroxyl groups excluding tert-OH is 1. The molecule has 1 saturated heterocycles. The van der Waals surface area contributed by atoms with Crippen LogP contribution in [0.4, 0.5) is 0 Å². The Bertz CT molecular complexity index is 625. The summed E-state index contributed by atoms with van der Waals surface area (Å²) in [5.74, 6) is 0.120. The minimum absolute atomic E-state index is 0.00637. The molecule has 0 saturated carbocycles. The zero-order valence-corrected chi connectivity index (χ0v) is 11.8. The molecular formula is C15H20N4O2. The number of aliphatic hydroxyl groups is 1. The van der Waals surface area contributed by atoms with Gasteiger partial charge in [0.2, 0.25) is 5.91 Å². The van der Waals surface area contributed by atoms with Crippen molar-refractivity contribution in [2.75, 3.05) is 19.6 Å². The van der Waals surface area contributed by atoms with Gasteiger partial charge in [-0.3, -0.25) is 4.79 Å². The van der Waals surface area contributed by atoms with Gasteiger partial charge in [0.15, 0.2) is 0 Å². The van der Waals surface area contributed by atoms with Gasteiger partial charge in [0.05, 0.1) is 23.5 Å². The van der Waals surface area contributed by atoms with Crippen molar-refractivity contribution < 1.29 is 9.90 Å². The molecule has 1 aliphatic heterocycles. The molecule has 6 nitrogen and oxygen atoms in total. The number of aromatic nitrogens is 2. The standard InChI is InChI=1S/C15H20N4O2/c20-14-9-16-7-11(14)8-17-15(21)5-6-19-10-18-12-3-1-2-4-13(12)19/h1-4,10-11,14,16,20H,5-9H2,(H,17,21). The molecule has 2 aromatic rings. The number of hydrogen-bond donors (Lipinski definition) is 3. The molecule has 3 N–H and O–H groups in total. The van der Waals surface area contributed by atoms with Crippen LogP contribution in [-0.4, -0.2) is 46.3 Å². The van der Waals surface area contributed by atoms with Crippen LogP contribution in [0.15, 0.2) is 30.6 Å². The van der Waals surface area contributed by atoms with Gasteiger partial charge in [-0.2, -0.15) is 0 Å². The van der Waals surface area contributed by atoms with Gasteiger partial charge in [-0.25, -0.2) is 4.98 Å². The van der Waals surface area contributed by atoms with Crippen LogP contribution in [0.3, 0.4) is 0 Å². The molecule has 3 rings (SSSR count).